The fourth-order valence-electron chi connectivity index (χ4n) is 2.91. The summed E-state index contributed by atoms with van der Waals surface area (Å²) in [6, 6.07) is 14.8. The maximum absolute atomic E-state index is 12.6. The molecule has 0 spiro atoms. The Morgan fingerprint density at radius 2 is 1.77 bits per heavy atom. The zero-order chi connectivity index (χ0) is 15.9. The molecule has 3 rings (SSSR count). The van der Waals surface area contributed by atoms with Gasteiger partial charge in [0.25, 0.3) is 5.91 Å². The van der Waals surface area contributed by atoms with Crippen molar-refractivity contribution in [3.05, 3.63) is 65.2 Å². The largest absolute Gasteiger partial charge is 0.481 e. The molecular formula is C18H17NO3. The van der Waals surface area contributed by atoms with Crippen LogP contribution in [-0.4, -0.2) is 17.0 Å². The lowest BCUT2D eigenvalue weighted by molar-refractivity contribution is -0.138. The molecule has 112 valence electrons. The highest BCUT2D eigenvalue weighted by Gasteiger charge is 2.34. The zero-order valence-corrected chi connectivity index (χ0v) is 12.5. The maximum atomic E-state index is 12.6. The van der Waals surface area contributed by atoms with Crippen molar-refractivity contribution in [3.8, 4) is 0 Å². The van der Waals surface area contributed by atoms with E-state index in [1.165, 1.54) is 0 Å². The number of fused-ring (bicyclic) bond motifs is 1. The number of hydrogen-bond donors (Lipinski definition) is 1. The molecule has 2 aromatic carbocycles. The molecule has 1 N–H and O–H groups in total. The van der Waals surface area contributed by atoms with Crippen LogP contribution in [0.2, 0.25) is 0 Å². The summed E-state index contributed by atoms with van der Waals surface area (Å²) < 4.78 is 0. The van der Waals surface area contributed by atoms with Crippen molar-refractivity contribution in [1.29, 1.82) is 0 Å². The summed E-state index contributed by atoms with van der Waals surface area (Å²) in [7, 11) is 0. The van der Waals surface area contributed by atoms with Crippen LogP contribution in [-0.2, 0) is 4.79 Å². The van der Waals surface area contributed by atoms with Gasteiger partial charge >= 0.3 is 5.97 Å². The van der Waals surface area contributed by atoms with Crippen molar-refractivity contribution >= 4 is 17.6 Å². The molecule has 2 atom stereocenters. The van der Waals surface area contributed by atoms with Crippen LogP contribution < -0.4 is 4.90 Å². The second-order valence-electron chi connectivity index (χ2n) is 5.59. The Morgan fingerprint density at radius 3 is 2.36 bits per heavy atom. The third kappa shape index (κ3) is 2.17. The summed E-state index contributed by atoms with van der Waals surface area (Å²) in [5, 5.41) is 9.05. The summed E-state index contributed by atoms with van der Waals surface area (Å²) >= 11 is 0. The summed E-state index contributed by atoms with van der Waals surface area (Å²) in [5.74, 6) is -1.43. The molecule has 1 aliphatic rings. The van der Waals surface area contributed by atoms with Crippen LogP contribution in [0.25, 0.3) is 0 Å². The minimum atomic E-state index is -0.856. The summed E-state index contributed by atoms with van der Waals surface area (Å²) in [4.78, 5) is 25.3. The Balaban J connectivity index is 1.93. The van der Waals surface area contributed by atoms with Gasteiger partial charge < -0.3 is 10.0 Å². The SMILES string of the molecule is CC(C(=O)O)c1ccc(N2C(=O)c3ccccc3C2C)cc1. The second kappa shape index (κ2) is 5.30. The van der Waals surface area contributed by atoms with E-state index in [4.69, 9.17) is 5.11 Å². The molecule has 0 saturated carbocycles. The monoisotopic (exact) mass is 295 g/mol. The van der Waals surface area contributed by atoms with Gasteiger partial charge in [-0.25, -0.2) is 0 Å². The third-order valence-electron chi connectivity index (χ3n) is 4.29. The van der Waals surface area contributed by atoms with E-state index in [2.05, 4.69) is 0 Å². The molecule has 0 bridgehead atoms. The van der Waals surface area contributed by atoms with E-state index in [0.29, 0.717) is 0 Å². The molecule has 1 aliphatic heterocycles. The first kappa shape index (κ1) is 14.3. The second-order valence-corrected chi connectivity index (χ2v) is 5.59. The highest BCUT2D eigenvalue weighted by molar-refractivity contribution is 6.11. The van der Waals surface area contributed by atoms with Crippen LogP contribution in [0.3, 0.4) is 0 Å². The zero-order valence-electron chi connectivity index (χ0n) is 12.5. The molecule has 2 unspecified atom stereocenters. The van der Waals surface area contributed by atoms with Crippen LogP contribution in [0.5, 0.6) is 0 Å². The van der Waals surface area contributed by atoms with Crippen LogP contribution in [0, 0.1) is 0 Å². The summed E-state index contributed by atoms with van der Waals surface area (Å²) in [6.45, 7) is 3.65. The normalized spacial score (nSPS) is 18.2. The number of carboxylic acid groups (broad SMARTS) is 1. The lowest BCUT2D eigenvalue weighted by Gasteiger charge is -2.22. The summed E-state index contributed by atoms with van der Waals surface area (Å²) in [6.07, 6.45) is 0. The molecule has 2 aromatic rings. The van der Waals surface area contributed by atoms with Crippen LogP contribution >= 0.6 is 0 Å². The first-order chi connectivity index (χ1) is 10.5. The van der Waals surface area contributed by atoms with E-state index in [1.807, 2.05) is 43.3 Å². The predicted octanol–water partition coefficient (Wildman–Crippen LogP) is 3.60. The first-order valence-electron chi connectivity index (χ1n) is 7.26. The van der Waals surface area contributed by atoms with Crippen LogP contribution in [0.1, 0.15) is 47.3 Å². The molecule has 0 saturated heterocycles. The van der Waals surface area contributed by atoms with Crippen LogP contribution in [0.4, 0.5) is 5.69 Å². The highest BCUT2D eigenvalue weighted by atomic mass is 16.4. The Bertz CT molecular complexity index is 736. The fourth-order valence-corrected chi connectivity index (χ4v) is 2.91. The van der Waals surface area contributed by atoms with Gasteiger partial charge in [0.05, 0.1) is 12.0 Å². The standard InChI is InChI=1S/C18H17NO3/c1-11(18(21)22)13-7-9-14(10-8-13)19-12(2)15-5-3-4-6-16(15)17(19)20/h3-12H,1-2H3,(H,21,22). The Morgan fingerprint density at radius 1 is 1.14 bits per heavy atom. The number of aliphatic carboxylic acids is 1. The van der Waals surface area contributed by atoms with E-state index < -0.39 is 11.9 Å². The van der Waals surface area contributed by atoms with Crippen molar-refractivity contribution in [2.45, 2.75) is 25.8 Å². The molecule has 22 heavy (non-hydrogen) atoms. The maximum Gasteiger partial charge on any atom is 0.310 e. The molecular weight excluding hydrogens is 278 g/mol. The number of anilines is 1. The Hall–Kier alpha value is -2.62. The lowest BCUT2D eigenvalue weighted by atomic mass is 10.0. The number of carbonyl (C=O) groups is 2. The minimum Gasteiger partial charge on any atom is -0.481 e. The molecule has 0 radical (unpaired) electrons. The first-order valence-corrected chi connectivity index (χ1v) is 7.26. The minimum absolute atomic E-state index is 0.0119. The fraction of sp³-hybridized carbons (Fsp3) is 0.222. The smallest absolute Gasteiger partial charge is 0.310 e. The van der Waals surface area contributed by atoms with Crippen molar-refractivity contribution < 1.29 is 14.7 Å². The van der Waals surface area contributed by atoms with Gasteiger partial charge in [0.1, 0.15) is 0 Å². The molecule has 1 amide bonds. The number of carbonyl (C=O) groups excluding carboxylic acids is 1. The quantitative estimate of drug-likeness (QED) is 0.941. The molecule has 0 aromatic heterocycles. The van der Waals surface area contributed by atoms with Gasteiger partial charge in [-0.15, -0.1) is 0 Å². The number of nitrogens with zero attached hydrogens (tertiary/aromatic N) is 1. The topological polar surface area (TPSA) is 57.6 Å². The number of benzene rings is 2. The van der Waals surface area contributed by atoms with Gasteiger partial charge in [-0.05, 0) is 43.2 Å². The third-order valence-corrected chi connectivity index (χ3v) is 4.29. The average molecular weight is 295 g/mol. The summed E-state index contributed by atoms with van der Waals surface area (Å²) in [5.41, 5.74) is 3.27. The van der Waals surface area contributed by atoms with Crippen molar-refractivity contribution in [2.75, 3.05) is 4.90 Å². The average Bonchev–Trinajstić information content (AvgIpc) is 2.79. The van der Waals surface area contributed by atoms with Crippen LogP contribution in [0.15, 0.2) is 48.5 Å². The number of rotatable bonds is 3. The van der Waals surface area contributed by atoms with Crippen molar-refractivity contribution in [1.82, 2.24) is 0 Å². The van der Waals surface area contributed by atoms with E-state index in [9.17, 15) is 9.59 Å². The van der Waals surface area contributed by atoms with Gasteiger partial charge in [-0.2, -0.15) is 0 Å². The van der Waals surface area contributed by atoms with Gasteiger partial charge in [0.2, 0.25) is 0 Å². The van der Waals surface area contributed by atoms with Crippen molar-refractivity contribution in [3.63, 3.8) is 0 Å². The van der Waals surface area contributed by atoms with Gasteiger partial charge in [0.15, 0.2) is 0 Å². The van der Waals surface area contributed by atoms with Gasteiger partial charge in [0, 0.05) is 11.3 Å². The Labute approximate surface area is 129 Å². The molecule has 1 heterocycles. The molecule has 4 nitrogen and oxygen atoms in total. The van der Waals surface area contributed by atoms with E-state index in [1.54, 1.807) is 24.0 Å². The predicted molar refractivity (Wildman–Crippen MR) is 84.2 cm³/mol. The lowest BCUT2D eigenvalue weighted by Crippen LogP contribution is -2.26. The molecule has 0 fully saturated rings. The number of hydrogen-bond acceptors (Lipinski definition) is 2. The van der Waals surface area contributed by atoms with E-state index in [0.717, 1.165) is 22.4 Å². The van der Waals surface area contributed by atoms with Crippen molar-refractivity contribution in [2.24, 2.45) is 0 Å². The molecule has 4 heteroatoms. The highest BCUT2D eigenvalue weighted by Crippen LogP contribution is 2.37. The number of amides is 1. The van der Waals surface area contributed by atoms with Gasteiger partial charge in [-0.3, -0.25) is 9.59 Å². The van der Waals surface area contributed by atoms with E-state index >= 15 is 0 Å². The van der Waals surface area contributed by atoms with E-state index in [-0.39, 0.29) is 11.9 Å². The van der Waals surface area contributed by atoms with Gasteiger partial charge in [-0.1, -0.05) is 30.3 Å². The molecule has 0 aliphatic carbocycles. The Kier molecular flexibility index (Phi) is 3.45. The number of carboxylic acids is 1.